The Hall–Kier alpha value is -1.52. The number of hydrogen-bond donors (Lipinski definition) is 0. The van der Waals surface area contributed by atoms with E-state index in [4.69, 9.17) is 4.74 Å². The molecule has 1 aromatic rings. The molecule has 2 nitrogen and oxygen atoms in total. The third kappa shape index (κ3) is 3.49. The minimum atomic E-state index is -4.71. The van der Waals surface area contributed by atoms with Gasteiger partial charge in [-0.15, -0.1) is 0 Å². The van der Waals surface area contributed by atoms with E-state index < -0.39 is 23.8 Å². The highest BCUT2D eigenvalue weighted by Crippen LogP contribution is 2.52. The van der Waals surface area contributed by atoms with Crippen LogP contribution in [0.2, 0.25) is 0 Å². The van der Waals surface area contributed by atoms with E-state index in [2.05, 4.69) is 0 Å². The van der Waals surface area contributed by atoms with E-state index >= 15 is 0 Å². The van der Waals surface area contributed by atoms with Gasteiger partial charge >= 0.3 is 6.18 Å². The zero-order valence-corrected chi connectivity index (χ0v) is 10.6. The molecule has 0 saturated heterocycles. The molecule has 19 heavy (non-hydrogen) atoms. The van der Waals surface area contributed by atoms with Crippen LogP contribution in [0.25, 0.3) is 0 Å². The zero-order chi connectivity index (χ0) is 14.1. The van der Waals surface area contributed by atoms with Crippen LogP contribution in [0.1, 0.15) is 24.8 Å². The van der Waals surface area contributed by atoms with Crippen molar-refractivity contribution < 1.29 is 22.7 Å². The van der Waals surface area contributed by atoms with Crippen molar-refractivity contribution >= 4 is 5.78 Å². The highest BCUT2D eigenvalue weighted by atomic mass is 19.4. The summed E-state index contributed by atoms with van der Waals surface area (Å²) in [6, 6.07) is 7.21. The van der Waals surface area contributed by atoms with Crippen LogP contribution in [0.3, 0.4) is 0 Å². The molecular formula is C14H15F3O2. The summed E-state index contributed by atoms with van der Waals surface area (Å²) in [4.78, 5) is 11.1. The molecule has 0 radical (unpaired) electrons. The van der Waals surface area contributed by atoms with Crippen LogP contribution >= 0.6 is 0 Å². The summed E-state index contributed by atoms with van der Waals surface area (Å²) in [6.45, 7) is 0. The summed E-state index contributed by atoms with van der Waals surface area (Å²) < 4.78 is 41.9. The summed E-state index contributed by atoms with van der Waals surface area (Å²) in [5.41, 5.74) is 0.453. The zero-order valence-electron chi connectivity index (χ0n) is 10.6. The van der Waals surface area contributed by atoms with Gasteiger partial charge < -0.3 is 4.74 Å². The Labute approximate surface area is 109 Å². The molecule has 0 N–H and O–H groups in total. The second-order valence-corrected chi connectivity index (χ2v) is 5.12. The SMILES string of the molecule is COc1ccc(CC2(CC(=O)C(F)(F)F)CC2)cc1. The number of carbonyl (C=O) groups is 1. The van der Waals surface area contributed by atoms with Crippen molar-refractivity contribution in [1.29, 1.82) is 0 Å². The maximum absolute atomic E-state index is 12.3. The number of ether oxygens (including phenoxy) is 1. The van der Waals surface area contributed by atoms with Crippen LogP contribution in [0, 0.1) is 5.41 Å². The van der Waals surface area contributed by atoms with E-state index in [1.165, 1.54) is 0 Å². The molecule has 1 aliphatic carbocycles. The van der Waals surface area contributed by atoms with Crippen LogP contribution < -0.4 is 4.74 Å². The van der Waals surface area contributed by atoms with Gasteiger partial charge in [0.2, 0.25) is 5.78 Å². The van der Waals surface area contributed by atoms with Crippen molar-refractivity contribution in [3.05, 3.63) is 29.8 Å². The fourth-order valence-electron chi connectivity index (χ4n) is 2.21. The van der Waals surface area contributed by atoms with Crippen LogP contribution in [0.5, 0.6) is 5.75 Å². The van der Waals surface area contributed by atoms with Crippen molar-refractivity contribution in [2.75, 3.05) is 7.11 Å². The number of alkyl halides is 3. The average molecular weight is 272 g/mol. The van der Waals surface area contributed by atoms with Gasteiger partial charge in [0.1, 0.15) is 5.75 Å². The van der Waals surface area contributed by atoms with Gasteiger partial charge in [-0.05, 0) is 42.4 Å². The maximum Gasteiger partial charge on any atom is 0.449 e. The molecule has 0 aromatic heterocycles. The predicted molar refractivity (Wildman–Crippen MR) is 64.0 cm³/mol. The minimum absolute atomic E-state index is 0.400. The first-order valence-electron chi connectivity index (χ1n) is 6.08. The van der Waals surface area contributed by atoms with Crippen molar-refractivity contribution in [1.82, 2.24) is 0 Å². The number of methoxy groups -OCH3 is 1. The quantitative estimate of drug-likeness (QED) is 0.819. The maximum atomic E-state index is 12.3. The van der Waals surface area contributed by atoms with Gasteiger partial charge in [0, 0.05) is 6.42 Å². The molecule has 0 spiro atoms. The number of halogens is 3. The van der Waals surface area contributed by atoms with Crippen LogP contribution in [0.4, 0.5) is 13.2 Å². The Morgan fingerprint density at radius 3 is 2.26 bits per heavy atom. The van der Waals surface area contributed by atoms with Crippen LogP contribution in [-0.2, 0) is 11.2 Å². The number of carbonyl (C=O) groups excluding carboxylic acids is 1. The predicted octanol–water partition coefficient (Wildman–Crippen LogP) is 3.54. The van der Waals surface area contributed by atoms with Gasteiger partial charge in [-0.25, -0.2) is 0 Å². The Kier molecular flexibility index (Phi) is 3.56. The molecule has 2 rings (SSSR count). The van der Waals surface area contributed by atoms with Gasteiger partial charge in [0.05, 0.1) is 7.11 Å². The van der Waals surface area contributed by atoms with Crippen molar-refractivity contribution in [2.24, 2.45) is 5.41 Å². The van der Waals surface area contributed by atoms with Gasteiger partial charge in [-0.1, -0.05) is 12.1 Å². The standard InChI is InChI=1S/C14H15F3O2/c1-19-11-4-2-10(3-5-11)8-13(6-7-13)9-12(18)14(15,16)17/h2-5H,6-9H2,1H3. The highest BCUT2D eigenvalue weighted by Gasteiger charge is 2.49. The van der Waals surface area contributed by atoms with Crippen LogP contribution in [0.15, 0.2) is 24.3 Å². The summed E-state index contributed by atoms with van der Waals surface area (Å²) in [5.74, 6) is -0.904. The molecule has 104 valence electrons. The molecule has 0 aliphatic heterocycles. The second kappa shape index (κ2) is 4.87. The Balaban J connectivity index is 1.99. The lowest BCUT2D eigenvalue weighted by atomic mass is 9.91. The lowest BCUT2D eigenvalue weighted by Crippen LogP contribution is -2.26. The lowest BCUT2D eigenvalue weighted by Gasteiger charge is -2.15. The first kappa shape index (κ1) is 13.9. The Morgan fingerprint density at radius 2 is 1.84 bits per heavy atom. The summed E-state index contributed by atoms with van der Waals surface area (Å²) in [6.07, 6.45) is -3.24. The van der Waals surface area contributed by atoms with Gasteiger partial charge in [-0.2, -0.15) is 13.2 Å². The van der Waals surface area contributed by atoms with Crippen molar-refractivity contribution in [3.63, 3.8) is 0 Å². The number of ketones is 1. The second-order valence-electron chi connectivity index (χ2n) is 5.12. The van der Waals surface area contributed by atoms with E-state index in [0.29, 0.717) is 25.0 Å². The first-order chi connectivity index (χ1) is 8.85. The third-order valence-electron chi connectivity index (χ3n) is 3.55. The molecule has 0 atom stereocenters. The topological polar surface area (TPSA) is 26.3 Å². The van der Waals surface area contributed by atoms with Gasteiger partial charge in [-0.3, -0.25) is 4.79 Å². The molecule has 0 heterocycles. The molecule has 5 heteroatoms. The Morgan fingerprint density at radius 1 is 1.26 bits per heavy atom. The fourth-order valence-corrected chi connectivity index (χ4v) is 2.21. The van der Waals surface area contributed by atoms with Gasteiger partial charge in [0.25, 0.3) is 0 Å². The summed E-state index contributed by atoms with van der Waals surface area (Å²) in [5, 5.41) is 0. The summed E-state index contributed by atoms with van der Waals surface area (Å²) >= 11 is 0. The molecule has 0 amide bonds. The molecule has 1 aliphatic rings. The number of rotatable bonds is 5. The molecule has 0 unspecified atom stereocenters. The molecule has 1 saturated carbocycles. The number of hydrogen-bond acceptors (Lipinski definition) is 2. The number of benzene rings is 1. The Bertz CT molecular complexity index is 459. The van der Waals surface area contributed by atoms with Crippen molar-refractivity contribution in [2.45, 2.75) is 31.9 Å². The van der Waals surface area contributed by atoms with E-state index in [1.54, 1.807) is 19.2 Å². The van der Waals surface area contributed by atoms with E-state index in [0.717, 1.165) is 5.56 Å². The molecule has 1 fully saturated rings. The highest BCUT2D eigenvalue weighted by molar-refractivity contribution is 5.85. The first-order valence-corrected chi connectivity index (χ1v) is 6.08. The summed E-state index contributed by atoms with van der Waals surface area (Å²) in [7, 11) is 1.55. The van der Waals surface area contributed by atoms with E-state index in [-0.39, 0.29) is 0 Å². The lowest BCUT2D eigenvalue weighted by molar-refractivity contribution is -0.172. The normalized spacial score (nSPS) is 17.1. The van der Waals surface area contributed by atoms with Gasteiger partial charge in [0.15, 0.2) is 0 Å². The monoisotopic (exact) mass is 272 g/mol. The molecule has 1 aromatic carbocycles. The molecule has 0 bridgehead atoms. The molecular weight excluding hydrogens is 257 g/mol. The average Bonchev–Trinajstić information content (AvgIpc) is 3.08. The number of Topliss-reactive ketones (excluding diaryl/α,β-unsaturated/α-hetero) is 1. The fraction of sp³-hybridized carbons (Fsp3) is 0.500. The smallest absolute Gasteiger partial charge is 0.449 e. The minimum Gasteiger partial charge on any atom is -0.497 e. The third-order valence-corrected chi connectivity index (χ3v) is 3.55. The largest absolute Gasteiger partial charge is 0.497 e. The van der Waals surface area contributed by atoms with E-state index in [9.17, 15) is 18.0 Å². The van der Waals surface area contributed by atoms with E-state index in [1.807, 2.05) is 12.1 Å². The van der Waals surface area contributed by atoms with Crippen LogP contribution in [-0.4, -0.2) is 19.1 Å². The van der Waals surface area contributed by atoms with Crippen molar-refractivity contribution in [3.8, 4) is 5.75 Å².